The number of hydrogen-bond acceptors (Lipinski definition) is 6. The van der Waals surface area contributed by atoms with E-state index in [1.807, 2.05) is 107 Å². The highest BCUT2D eigenvalue weighted by Gasteiger charge is 2.42. The van der Waals surface area contributed by atoms with E-state index in [0.29, 0.717) is 17.8 Å². The Morgan fingerprint density at radius 1 is 1.06 bits per heavy atom. The van der Waals surface area contributed by atoms with E-state index in [9.17, 15) is 9.59 Å². The first-order chi connectivity index (χ1) is 17.0. The van der Waals surface area contributed by atoms with Crippen molar-refractivity contribution in [2.75, 3.05) is 7.05 Å². The van der Waals surface area contributed by atoms with Crippen LogP contribution in [0.1, 0.15) is 56.8 Å². The lowest BCUT2D eigenvalue weighted by atomic mass is 9.93. The molecule has 6 nitrogen and oxygen atoms in total. The van der Waals surface area contributed by atoms with Gasteiger partial charge in [0.15, 0.2) is 5.17 Å². The Kier molecular flexibility index (Phi) is 7.41. The number of hydrogen-bond donors (Lipinski definition) is 0. The number of thioether (sulfide) groups is 1. The third kappa shape index (κ3) is 5.73. The second-order valence-corrected chi connectivity index (χ2v) is 11.1. The second kappa shape index (κ2) is 10.3. The molecular weight excluding hydrogens is 470 g/mol. The molecule has 2 heterocycles. The first-order valence-corrected chi connectivity index (χ1v) is 12.9. The van der Waals surface area contributed by atoms with Gasteiger partial charge >= 0.3 is 5.97 Å². The SMILES string of the molecule is CC1=C(C(=O)OC(C)(C)C)C(c2ccc(C)cc2)N2C(CC(=O)N(C)Cc3ccccc3)=CSC2=N1. The molecule has 1 amide bonds. The molecular formula is C29H33N3O3S. The van der Waals surface area contributed by atoms with Gasteiger partial charge in [0.1, 0.15) is 5.60 Å². The molecule has 0 spiro atoms. The van der Waals surface area contributed by atoms with Gasteiger partial charge < -0.3 is 14.5 Å². The van der Waals surface area contributed by atoms with Crippen molar-refractivity contribution >= 4 is 28.8 Å². The molecule has 36 heavy (non-hydrogen) atoms. The molecule has 7 heteroatoms. The first-order valence-electron chi connectivity index (χ1n) is 12.1. The molecule has 0 fully saturated rings. The fourth-order valence-electron chi connectivity index (χ4n) is 4.26. The minimum absolute atomic E-state index is 0.000276. The van der Waals surface area contributed by atoms with E-state index in [2.05, 4.69) is 0 Å². The second-order valence-electron chi connectivity index (χ2n) is 10.2. The van der Waals surface area contributed by atoms with E-state index in [1.54, 1.807) is 4.90 Å². The largest absolute Gasteiger partial charge is 0.456 e. The Hall–Kier alpha value is -3.32. The first kappa shape index (κ1) is 25.8. The zero-order valence-electron chi connectivity index (χ0n) is 21.7. The van der Waals surface area contributed by atoms with Crippen LogP contribution < -0.4 is 0 Å². The number of benzene rings is 2. The Morgan fingerprint density at radius 3 is 2.36 bits per heavy atom. The summed E-state index contributed by atoms with van der Waals surface area (Å²) >= 11 is 1.48. The maximum Gasteiger partial charge on any atom is 0.338 e. The summed E-state index contributed by atoms with van der Waals surface area (Å²) < 4.78 is 5.80. The normalized spacial score (nSPS) is 17.4. The number of carbonyl (C=O) groups excluding carboxylic acids is 2. The number of fused-ring (bicyclic) bond motifs is 1. The summed E-state index contributed by atoms with van der Waals surface area (Å²) in [4.78, 5) is 35.2. The van der Waals surface area contributed by atoms with Crippen molar-refractivity contribution in [1.82, 2.24) is 9.80 Å². The maximum atomic E-state index is 13.4. The fraction of sp³-hybridized carbons (Fsp3) is 0.345. The third-order valence-corrected chi connectivity index (χ3v) is 6.92. The van der Waals surface area contributed by atoms with Crippen molar-refractivity contribution in [2.24, 2.45) is 4.99 Å². The standard InChI is InChI=1S/C29H33N3O3S/c1-19-12-14-22(15-13-19)26-25(27(34)35-29(3,4)5)20(2)30-28-32(26)23(18-36-28)16-24(33)31(6)17-21-10-8-7-9-11-21/h7-15,18,26H,16-17H2,1-6H3. The van der Waals surface area contributed by atoms with Gasteiger partial charge in [-0.1, -0.05) is 71.9 Å². The molecule has 188 valence electrons. The van der Waals surface area contributed by atoms with Gasteiger partial charge in [-0.15, -0.1) is 0 Å². The maximum absolute atomic E-state index is 13.4. The Balaban J connectivity index is 1.65. The number of amidine groups is 1. The summed E-state index contributed by atoms with van der Waals surface area (Å²) in [5.74, 6) is -0.392. The molecule has 1 unspecified atom stereocenters. The zero-order valence-corrected chi connectivity index (χ0v) is 22.6. The Labute approximate surface area is 217 Å². The van der Waals surface area contributed by atoms with Crippen molar-refractivity contribution in [3.8, 4) is 0 Å². The van der Waals surface area contributed by atoms with Gasteiger partial charge in [0.25, 0.3) is 0 Å². The van der Waals surface area contributed by atoms with Crippen LogP contribution in [-0.2, 0) is 20.9 Å². The summed E-state index contributed by atoms with van der Waals surface area (Å²) in [6.45, 7) is 9.99. The van der Waals surface area contributed by atoms with E-state index < -0.39 is 17.6 Å². The lowest BCUT2D eigenvalue weighted by Crippen LogP contribution is -2.39. The molecule has 0 N–H and O–H groups in total. The van der Waals surface area contributed by atoms with Gasteiger partial charge in [-0.2, -0.15) is 0 Å². The molecule has 1 atom stereocenters. The molecule has 0 saturated heterocycles. The summed E-state index contributed by atoms with van der Waals surface area (Å²) in [6.07, 6.45) is 0.207. The van der Waals surface area contributed by atoms with Crippen molar-refractivity contribution in [3.63, 3.8) is 0 Å². The number of nitrogens with zero attached hydrogens (tertiary/aromatic N) is 3. The minimum atomic E-state index is -0.638. The molecule has 0 aromatic heterocycles. The van der Waals surface area contributed by atoms with Crippen molar-refractivity contribution < 1.29 is 14.3 Å². The number of aryl methyl sites for hydroxylation is 1. The van der Waals surface area contributed by atoms with Gasteiger partial charge in [-0.05, 0) is 51.2 Å². The number of amides is 1. The van der Waals surface area contributed by atoms with Gasteiger partial charge in [0, 0.05) is 19.3 Å². The van der Waals surface area contributed by atoms with Crippen LogP contribution in [0.3, 0.4) is 0 Å². The van der Waals surface area contributed by atoms with Gasteiger partial charge in [0.2, 0.25) is 5.91 Å². The summed E-state index contributed by atoms with van der Waals surface area (Å²) in [5.41, 5.74) is 4.47. The number of carbonyl (C=O) groups is 2. The highest BCUT2D eigenvalue weighted by Crippen LogP contribution is 2.45. The molecule has 4 rings (SSSR count). The predicted molar refractivity (Wildman–Crippen MR) is 145 cm³/mol. The molecule has 2 aromatic rings. The summed E-state index contributed by atoms with van der Waals surface area (Å²) in [5, 5.41) is 2.73. The molecule has 0 aliphatic carbocycles. The molecule has 0 bridgehead atoms. The van der Waals surface area contributed by atoms with Gasteiger partial charge in [-0.25, -0.2) is 9.79 Å². The van der Waals surface area contributed by atoms with Crippen LogP contribution in [0.2, 0.25) is 0 Å². The monoisotopic (exact) mass is 503 g/mol. The van der Waals surface area contributed by atoms with E-state index in [0.717, 1.165) is 27.6 Å². The topological polar surface area (TPSA) is 62.2 Å². The van der Waals surface area contributed by atoms with Gasteiger partial charge in [-0.3, -0.25) is 4.79 Å². The van der Waals surface area contributed by atoms with Crippen molar-refractivity contribution in [1.29, 1.82) is 0 Å². The predicted octanol–water partition coefficient (Wildman–Crippen LogP) is 5.96. The summed E-state index contributed by atoms with van der Waals surface area (Å²) in [6, 6.07) is 17.6. The van der Waals surface area contributed by atoms with Crippen LogP contribution in [0.15, 0.2) is 82.0 Å². The number of aliphatic imine (C=N–C) groups is 1. The van der Waals surface area contributed by atoms with Crippen LogP contribution in [0.4, 0.5) is 0 Å². The quantitative estimate of drug-likeness (QED) is 0.455. The van der Waals surface area contributed by atoms with Crippen LogP contribution in [0.5, 0.6) is 0 Å². The molecule has 2 aliphatic rings. The van der Waals surface area contributed by atoms with E-state index in [-0.39, 0.29) is 12.3 Å². The molecule has 0 radical (unpaired) electrons. The van der Waals surface area contributed by atoms with Crippen LogP contribution in [0, 0.1) is 6.92 Å². The average Bonchev–Trinajstić information content (AvgIpc) is 3.20. The van der Waals surface area contributed by atoms with Crippen molar-refractivity contribution in [2.45, 2.75) is 59.2 Å². The molecule has 2 aliphatic heterocycles. The molecule has 2 aromatic carbocycles. The highest BCUT2D eigenvalue weighted by molar-refractivity contribution is 8.16. The highest BCUT2D eigenvalue weighted by atomic mass is 32.2. The Morgan fingerprint density at radius 2 is 1.72 bits per heavy atom. The zero-order chi connectivity index (χ0) is 26.0. The molecule has 0 saturated carbocycles. The van der Waals surface area contributed by atoms with Crippen LogP contribution >= 0.6 is 11.8 Å². The number of ether oxygens (including phenoxy) is 1. The Bertz CT molecular complexity index is 1240. The van der Waals surface area contributed by atoms with Crippen LogP contribution in [0.25, 0.3) is 0 Å². The van der Waals surface area contributed by atoms with Crippen molar-refractivity contribution in [3.05, 3.63) is 93.7 Å². The lowest BCUT2D eigenvalue weighted by molar-refractivity contribution is -0.150. The lowest BCUT2D eigenvalue weighted by Gasteiger charge is -2.37. The minimum Gasteiger partial charge on any atom is -0.456 e. The van der Waals surface area contributed by atoms with E-state index in [1.165, 1.54) is 11.8 Å². The van der Waals surface area contributed by atoms with Gasteiger partial charge in [0.05, 0.1) is 23.7 Å². The summed E-state index contributed by atoms with van der Waals surface area (Å²) in [7, 11) is 1.82. The van der Waals surface area contributed by atoms with Crippen LogP contribution in [-0.4, -0.2) is 39.5 Å². The number of allylic oxidation sites excluding steroid dienone is 1. The average molecular weight is 504 g/mol. The third-order valence-electron chi connectivity index (χ3n) is 6.03. The smallest absolute Gasteiger partial charge is 0.338 e. The van der Waals surface area contributed by atoms with E-state index >= 15 is 0 Å². The van der Waals surface area contributed by atoms with E-state index in [4.69, 9.17) is 9.73 Å². The number of esters is 1. The number of rotatable bonds is 6. The fourth-order valence-corrected chi connectivity index (χ4v) is 5.23.